The molecule has 1 N–H and O–H groups in total. The van der Waals surface area contributed by atoms with Gasteiger partial charge in [0, 0.05) is 30.8 Å². The van der Waals surface area contributed by atoms with E-state index in [1.165, 1.54) is 42.3 Å². The third kappa shape index (κ3) is 5.14. The summed E-state index contributed by atoms with van der Waals surface area (Å²) in [6.07, 6.45) is 0. The van der Waals surface area contributed by atoms with E-state index in [1.807, 2.05) is 0 Å². The van der Waals surface area contributed by atoms with Crippen molar-refractivity contribution in [2.75, 3.05) is 14.2 Å². The number of carbonyl (C=O) groups is 1. The molecule has 0 aromatic heterocycles. The predicted molar refractivity (Wildman–Crippen MR) is 112 cm³/mol. The summed E-state index contributed by atoms with van der Waals surface area (Å²) in [5, 5.41) is 11.0. The van der Waals surface area contributed by atoms with Crippen molar-refractivity contribution in [3.05, 3.63) is 63.7 Å². The Balaban J connectivity index is 2.39. The monoisotopic (exact) mass is 435 g/mol. The Hall–Kier alpha value is -2.98. The van der Waals surface area contributed by atoms with Gasteiger partial charge in [0.05, 0.1) is 18.1 Å². The minimum Gasteiger partial charge on any atom is -0.495 e. The first-order valence-electron chi connectivity index (χ1n) is 9.19. The van der Waals surface area contributed by atoms with Crippen molar-refractivity contribution >= 4 is 21.6 Å². The normalized spacial score (nSPS) is 12.5. The first-order valence-corrected chi connectivity index (χ1v) is 10.7. The zero-order valence-electron chi connectivity index (χ0n) is 17.4. The van der Waals surface area contributed by atoms with Crippen LogP contribution in [-0.4, -0.2) is 44.3 Å². The second-order valence-corrected chi connectivity index (χ2v) is 8.77. The number of carbonyl (C=O) groups excluding carboxylic acids is 1. The number of nitrogens with zero attached hydrogens (tertiary/aromatic N) is 2. The number of hydrogen-bond acceptors (Lipinski definition) is 6. The number of benzene rings is 2. The molecule has 1 unspecified atom stereocenters. The van der Waals surface area contributed by atoms with Gasteiger partial charge in [-0.2, -0.15) is 0 Å². The van der Waals surface area contributed by atoms with Crippen LogP contribution >= 0.6 is 0 Å². The van der Waals surface area contributed by atoms with Crippen LogP contribution < -0.4 is 9.46 Å². The van der Waals surface area contributed by atoms with Gasteiger partial charge in [-0.05, 0) is 44.5 Å². The largest absolute Gasteiger partial charge is 0.495 e. The van der Waals surface area contributed by atoms with Gasteiger partial charge in [-0.3, -0.25) is 14.9 Å². The van der Waals surface area contributed by atoms with Crippen LogP contribution in [-0.2, 0) is 10.0 Å². The summed E-state index contributed by atoms with van der Waals surface area (Å²) < 4.78 is 32.9. The maximum absolute atomic E-state index is 13.0. The van der Waals surface area contributed by atoms with Crippen molar-refractivity contribution in [1.29, 1.82) is 0 Å². The van der Waals surface area contributed by atoms with Crippen LogP contribution in [0.1, 0.15) is 42.7 Å². The molecule has 9 nitrogen and oxygen atoms in total. The molecule has 0 fully saturated rings. The summed E-state index contributed by atoms with van der Waals surface area (Å²) in [5.41, 5.74) is 0.667. The van der Waals surface area contributed by atoms with E-state index in [0.717, 1.165) is 0 Å². The molecule has 162 valence electrons. The second kappa shape index (κ2) is 9.23. The minimum absolute atomic E-state index is 0.0715. The van der Waals surface area contributed by atoms with E-state index in [2.05, 4.69) is 4.72 Å². The maximum Gasteiger partial charge on any atom is 0.269 e. The van der Waals surface area contributed by atoms with E-state index in [1.54, 1.807) is 40.0 Å². The molecule has 2 rings (SSSR count). The summed E-state index contributed by atoms with van der Waals surface area (Å²) in [6, 6.07) is 9.38. The van der Waals surface area contributed by atoms with E-state index < -0.39 is 26.9 Å². The number of hydrogen-bond donors (Lipinski definition) is 1. The predicted octanol–water partition coefficient (Wildman–Crippen LogP) is 3.12. The van der Waals surface area contributed by atoms with Gasteiger partial charge in [0.2, 0.25) is 10.0 Å². The number of non-ortho nitro benzene ring substituents is 1. The van der Waals surface area contributed by atoms with E-state index in [4.69, 9.17) is 4.74 Å². The molecular weight excluding hydrogens is 410 g/mol. The standard InChI is InChI=1S/C20H25N3O6S/c1-13(2)21-30(27,28)19-12-16(9-10-18(19)29-5)20(24)22(4)14(3)15-7-6-8-17(11-15)23(25)26/h6-14,21H,1-5H3. The van der Waals surface area contributed by atoms with Crippen molar-refractivity contribution in [2.24, 2.45) is 0 Å². The van der Waals surface area contributed by atoms with Crippen molar-refractivity contribution in [1.82, 2.24) is 9.62 Å². The zero-order valence-corrected chi connectivity index (χ0v) is 18.3. The van der Waals surface area contributed by atoms with Gasteiger partial charge in [-0.15, -0.1) is 0 Å². The van der Waals surface area contributed by atoms with Gasteiger partial charge in [0.15, 0.2) is 0 Å². The van der Waals surface area contributed by atoms with Crippen LogP contribution in [0.3, 0.4) is 0 Å². The fourth-order valence-electron chi connectivity index (χ4n) is 2.89. The molecular formula is C20H25N3O6S. The van der Waals surface area contributed by atoms with Crippen LogP contribution in [0.25, 0.3) is 0 Å². The number of nitro benzene ring substituents is 1. The summed E-state index contributed by atoms with van der Waals surface area (Å²) in [7, 11) is -0.991. The number of sulfonamides is 1. The van der Waals surface area contributed by atoms with Crippen LogP contribution in [0.2, 0.25) is 0 Å². The molecule has 0 radical (unpaired) electrons. The number of rotatable bonds is 8. The molecule has 0 aliphatic heterocycles. The Labute approximate surface area is 175 Å². The van der Waals surface area contributed by atoms with Crippen LogP contribution in [0.5, 0.6) is 5.75 Å². The molecule has 0 saturated heterocycles. The average Bonchev–Trinajstić information content (AvgIpc) is 2.70. The summed E-state index contributed by atoms with van der Waals surface area (Å²) in [4.78, 5) is 24.8. The number of methoxy groups -OCH3 is 1. The van der Waals surface area contributed by atoms with Gasteiger partial charge in [-0.25, -0.2) is 13.1 Å². The average molecular weight is 436 g/mol. The van der Waals surface area contributed by atoms with Crippen molar-refractivity contribution in [3.8, 4) is 5.75 Å². The Morgan fingerprint density at radius 3 is 2.40 bits per heavy atom. The second-order valence-electron chi connectivity index (χ2n) is 7.09. The number of nitrogens with one attached hydrogen (secondary N) is 1. The molecule has 0 spiro atoms. The molecule has 0 bridgehead atoms. The Kier molecular flexibility index (Phi) is 7.16. The third-order valence-electron chi connectivity index (χ3n) is 4.56. The molecule has 0 aliphatic rings. The molecule has 0 heterocycles. The highest BCUT2D eigenvalue weighted by atomic mass is 32.2. The quantitative estimate of drug-likeness (QED) is 0.503. The summed E-state index contributed by atoms with van der Waals surface area (Å²) >= 11 is 0. The maximum atomic E-state index is 13.0. The fourth-order valence-corrected chi connectivity index (χ4v) is 4.34. The topological polar surface area (TPSA) is 119 Å². The molecule has 1 amide bonds. The number of ether oxygens (including phenoxy) is 1. The lowest BCUT2D eigenvalue weighted by atomic mass is 10.1. The van der Waals surface area contributed by atoms with E-state index in [9.17, 15) is 23.3 Å². The van der Waals surface area contributed by atoms with Gasteiger partial charge < -0.3 is 9.64 Å². The lowest BCUT2D eigenvalue weighted by Crippen LogP contribution is -2.32. The number of amides is 1. The van der Waals surface area contributed by atoms with Gasteiger partial charge in [0.25, 0.3) is 11.6 Å². The minimum atomic E-state index is -3.89. The first-order chi connectivity index (χ1) is 14.0. The van der Waals surface area contributed by atoms with Crippen molar-refractivity contribution < 1.29 is 22.9 Å². The zero-order chi connectivity index (χ0) is 22.6. The third-order valence-corrected chi connectivity index (χ3v) is 6.24. The summed E-state index contributed by atoms with van der Waals surface area (Å²) in [6.45, 7) is 5.11. The highest BCUT2D eigenvalue weighted by Gasteiger charge is 2.25. The van der Waals surface area contributed by atoms with Crippen LogP contribution in [0.4, 0.5) is 5.69 Å². The Bertz CT molecular complexity index is 1050. The molecule has 1 atom stereocenters. The van der Waals surface area contributed by atoms with Crippen molar-refractivity contribution in [3.63, 3.8) is 0 Å². The number of nitro groups is 1. The molecule has 30 heavy (non-hydrogen) atoms. The highest BCUT2D eigenvalue weighted by Crippen LogP contribution is 2.28. The molecule has 2 aromatic carbocycles. The Morgan fingerprint density at radius 2 is 1.83 bits per heavy atom. The smallest absolute Gasteiger partial charge is 0.269 e. The van der Waals surface area contributed by atoms with E-state index in [0.29, 0.717) is 5.56 Å². The van der Waals surface area contributed by atoms with Gasteiger partial charge in [0.1, 0.15) is 10.6 Å². The SMILES string of the molecule is COc1ccc(C(=O)N(C)C(C)c2cccc([N+](=O)[O-])c2)cc1S(=O)(=O)NC(C)C. The summed E-state index contributed by atoms with van der Waals surface area (Å²) in [5.74, 6) is -0.313. The molecule has 0 aliphatic carbocycles. The molecule has 10 heteroatoms. The lowest BCUT2D eigenvalue weighted by molar-refractivity contribution is -0.384. The highest BCUT2D eigenvalue weighted by molar-refractivity contribution is 7.89. The molecule has 2 aromatic rings. The van der Waals surface area contributed by atoms with Crippen molar-refractivity contribution in [2.45, 2.75) is 37.8 Å². The van der Waals surface area contributed by atoms with E-state index >= 15 is 0 Å². The van der Waals surface area contributed by atoms with Gasteiger partial charge in [-0.1, -0.05) is 12.1 Å². The van der Waals surface area contributed by atoms with Crippen LogP contribution in [0, 0.1) is 10.1 Å². The first kappa shape index (κ1) is 23.3. The van der Waals surface area contributed by atoms with Gasteiger partial charge >= 0.3 is 0 Å². The Morgan fingerprint density at radius 1 is 1.17 bits per heavy atom. The fraction of sp³-hybridized carbons (Fsp3) is 0.350. The lowest BCUT2D eigenvalue weighted by Gasteiger charge is -2.25. The van der Waals surface area contributed by atoms with E-state index in [-0.39, 0.29) is 27.9 Å². The van der Waals surface area contributed by atoms with Crippen LogP contribution in [0.15, 0.2) is 47.4 Å². The molecule has 0 saturated carbocycles.